The molecule has 0 bridgehead atoms. The van der Waals surface area contributed by atoms with E-state index < -0.39 is 0 Å². The molecule has 0 aliphatic heterocycles. The van der Waals surface area contributed by atoms with E-state index in [0.717, 1.165) is 11.1 Å². The summed E-state index contributed by atoms with van der Waals surface area (Å²) in [5, 5.41) is 11.8. The Balaban J connectivity index is 1.50. The number of aromatic nitrogens is 2. The van der Waals surface area contributed by atoms with Gasteiger partial charge in [0.05, 0.1) is 5.75 Å². The number of benzene rings is 2. The number of rotatable bonds is 6. The summed E-state index contributed by atoms with van der Waals surface area (Å²) in [4.78, 5) is 11.9. The van der Waals surface area contributed by atoms with E-state index in [-0.39, 0.29) is 11.7 Å². The van der Waals surface area contributed by atoms with Gasteiger partial charge in [0.2, 0.25) is 11.8 Å². The molecule has 3 rings (SSSR count). The van der Waals surface area contributed by atoms with E-state index in [0.29, 0.717) is 22.7 Å². The van der Waals surface area contributed by atoms with Gasteiger partial charge in [0.25, 0.3) is 5.22 Å². The Morgan fingerprint density at radius 2 is 1.83 bits per heavy atom. The Kier molecular flexibility index (Phi) is 5.51. The average molecular weight is 360 g/mol. The van der Waals surface area contributed by atoms with Gasteiger partial charge < -0.3 is 9.73 Å². The molecule has 0 spiro atoms. The summed E-state index contributed by atoms with van der Waals surface area (Å²) >= 11 is 7.05. The predicted molar refractivity (Wildman–Crippen MR) is 93.8 cm³/mol. The molecule has 2 aromatic carbocycles. The lowest BCUT2D eigenvalue weighted by atomic mass is 10.2. The van der Waals surface area contributed by atoms with Crippen LogP contribution in [0, 0.1) is 0 Å². The second-order valence-electron chi connectivity index (χ2n) is 4.93. The maximum atomic E-state index is 11.9. The third kappa shape index (κ3) is 4.59. The SMILES string of the molecule is O=C(CSc1nnc(-c2ccc(Cl)cc2)o1)NCc1ccccc1. The largest absolute Gasteiger partial charge is 0.411 e. The molecule has 122 valence electrons. The summed E-state index contributed by atoms with van der Waals surface area (Å²) in [5.74, 6) is 0.531. The first kappa shape index (κ1) is 16.5. The summed E-state index contributed by atoms with van der Waals surface area (Å²) in [7, 11) is 0. The molecule has 0 atom stereocenters. The van der Waals surface area contributed by atoms with Crippen molar-refractivity contribution in [3.63, 3.8) is 0 Å². The number of nitrogens with one attached hydrogen (secondary N) is 1. The number of amides is 1. The number of carbonyl (C=O) groups is 1. The summed E-state index contributed by atoms with van der Waals surface area (Å²) in [6, 6.07) is 16.9. The highest BCUT2D eigenvalue weighted by atomic mass is 35.5. The van der Waals surface area contributed by atoms with Gasteiger partial charge in [0.15, 0.2) is 0 Å². The molecular weight excluding hydrogens is 346 g/mol. The smallest absolute Gasteiger partial charge is 0.277 e. The Labute approximate surface area is 148 Å². The molecule has 1 aromatic heterocycles. The normalized spacial score (nSPS) is 10.5. The highest BCUT2D eigenvalue weighted by molar-refractivity contribution is 7.99. The van der Waals surface area contributed by atoms with E-state index in [1.54, 1.807) is 24.3 Å². The fraction of sp³-hybridized carbons (Fsp3) is 0.118. The molecule has 0 aliphatic carbocycles. The fourth-order valence-electron chi connectivity index (χ4n) is 1.95. The topological polar surface area (TPSA) is 68.0 Å². The molecular formula is C17H14ClN3O2S. The molecule has 0 saturated carbocycles. The van der Waals surface area contributed by atoms with Crippen LogP contribution >= 0.6 is 23.4 Å². The molecule has 0 aliphatic rings. The van der Waals surface area contributed by atoms with Crippen molar-refractivity contribution in [2.24, 2.45) is 0 Å². The zero-order chi connectivity index (χ0) is 16.8. The van der Waals surface area contributed by atoms with Crippen LogP contribution in [0.25, 0.3) is 11.5 Å². The number of hydrogen-bond donors (Lipinski definition) is 1. The van der Waals surface area contributed by atoms with E-state index in [4.69, 9.17) is 16.0 Å². The highest BCUT2D eigenvalue weighted by Crippen LogP contribution is 2.24. The highest BCUT2D eigenvalue weighted by Gasteiger charge is 2.11. The van der Waals surface area contributed by atoms with E-state index in [2.05, 4.69) is 15.5 Å². The monoisotopic (exact) mass is 359 g/mol. The van der Waals surface area contributed by atoms with Crippen molar-refractivity contribution in [2.45, 2.75) is 11.8 Å². The van der Waals surface area contributed by atoms with Gasteiger partial charge in [-0.3, -0.25) is 4.79 Å². The summed E-state index contributed by atoms with van der Waals surface area (Å²) in [6.45, 7) is 0.500. The Hall–Kier alpha value is -2.31. The minimum atomic E-state index is -0.0879. The van der Waals surface area contributed by atoms with Gasteiger partial charge in [-0.1, -0.05) is 53.7 Å². The lowest BCUT2D eigenvalue weighted by Crippen LogP contribution is -2.24. The van der Waals surface area contributed by atoms with Crippen LogP contribution in [0.2, 0.25) is 5.02 Å². The Bertz CT molecular complexity index is 806. The minimum absolute atomic E-state index is 0.0879. The molecule has 1 amide bonds. The molecule has 0 fully saturated rings. The van der Waals surface area contributed by atoms with Crippen LogP contribution in [-0.4, -0.2) is 21.9 Å². The predicted octanol–water partition coefficient (Wildman–Crippen LogP) is 3.80. The summed E-state index contributed by atoms with van der Waals surface area (Å²) in [6.07, 6.45) is 0. The van der Waals surface area contributed by atoms with Gasteiger partial charge in [-0.05, 0) is 29.8 Å². The quantitative estimate of drug-likeness (QED) is 0.678. The first-order valence-electron chi connectivity index (χ1n) is 7.23. The molecule has 3 aromatic rings. The standard InChI is InChI=1S/C17H14ClN3O2S/c18-14-8-6-13(7-9-14)16-20-21-17(23-16)24-11-15(22)19-10-12-4-2-1-3-5-12/h1-9H,10-11H2,(H,19,22). The van der Waals surface area contributed by atoms with E-state index in [1.807, 2.05) is 30.3 Å². The number of nitrogens with zero attached hydrogens (tertiary/aromatic N) is 2. The molecule has 0 unspecified atom stereocenters. The summed E-state index contributed by atoms with van der Waals surface area (Å²) < 4.78 is 5.54. The lowest BCUT2D eigenvalue weighted by Gasteiger charge is -2.03. The maximum Gasteiger partial charge on any atom is 0.277 e. The van der Waals surface area contributed by atoms with Crippen molar-refractivity contribution >= 4 is 29.3 Å². The second kappa shape index (κ2) is 7.99. The number of carbonyl (C=O) groups excluding carboxylic acids is 1. The third-order valence-electron chi connectivity index (χ3n) is 3.16. The van der Waals surface area contributed by atoms with E-state index in [1.165, 1.54) is 11.8 Å². The minimum Gasteiger partial charge on any atom is -0.411 e. The van der Waals surface area contributed by atoms with Crippen molar-refractivity contribution in [3.05, 3.63) is 65.2 Å². The Morgan fingerprint density at radius 3 is 2.58 bits per heavy atom. The van der Waals surface area contributed by atoms with Crippen LogP contribution in [-0.2, 0) is 11.3 Å². The second-order valence-corrected chi connectivity index (χ2v) is 6.29. The molecule has 0 radical (unpaired) electrons. The molecule has 0 saturated heterocycles. The van der Waals surface area contributed by atoms with Crippen LogP contribution in [0.5, 0.6) is 0 Å². The van der Waals surface area contributed by atoms with Gasteiger partial charge >= 0.3 is 0 Å². The Morgan fingerprint density at radius 1 is 1.08 bits per heavy atom. The van der Waals surface area contributed by atoms with Crippen LogP contribution in [0.4, 0.5) is 0 Å². The number of hydrogen-bond acceptors (Lipinski definition) is 5. The van der Waals surface area contributed by atoms with Crippen LogP contribution in [0.15, 0.2) is 64.2 Å². The van der Waals surface area contributed by atoms with Crippen molar-refractivity contribution in [1.82, 2.24) is 15.5 Å². The van der Waals surface area contributed by atoms with Crippen molar-refractivity contribution in [3.8, 4) is 11.5 Å². The zero-order valence-electron chi connectivity index (χ0n) is 12.6. The van der Waals surface area contributed by atoms with Gasteiger partial charge in [-0.25, -0.2) is 0 Å². The van der Waals surface area contributed by atoms with Gasteiger partial charge in [-0.15, -0.1) is 10.2 Å². The zero-order valence-corrected chi connectivity index (χ0v) is 14.2. The van der Waals surface area contributed by atoms with Crippen molar-refractivity contribution in [1.29, 1.82) is 0 Å². The molecule has 7 heteroatoms. The van der Waals surface area contributed by atoms with Gasteiger partial charge in [0, 0.05) is 17.1 Å². The lowest BCUT2D eigenvalue weighted by molar-refractivity contribution is -0.118. The molecule has 5 nitrogen and oxygen atoms in total. The van der Waals surface area contributed by atoms with E-state index in [9.17, 15) is 4.79 Å². The van der Waals surface area contributed by atoms with Crippen LogP contribution < -0.4 is 5.32 Å². The van der Waals surface area contributed by atoms with Crippen molar-refractivity contribution in [2.75, 3.05) is 5.75 Å². The third-order valence-corrected chi connectivity index (χ3v) is 4.23. The van der Waals surface area contributed by atoms with E-state index >= 15 is 0 Å². The van der Waals surface area contributed by atoms with Gasteiger partial charge in [0.1, 0.15) is 0 Å². The number of halogens is 1. The summed E-state index contributed by atoms with van der Waals surface area (Å²) in [5.41, 5.74) is 1.84. The molecule has 1 heterocycles. The van der Waals surface area contributed by atoms with Crippen LogP contribution in [0.3, 0.4) is 0 Å². The van der Waals surface area contributed by atoms with Gasteiger partial charge in [-0.2, -0.15) is 0 Å². The first-order valence-corrected chi connectivity index (χ1v) is 8.60. The fourth-order valence-corrected chi connectivity index (χ4v) is 2.67. The first-order chi connectivity index (χ1) is 11.7. The van der Waals surface area contributed by atoms with Crippen molar-refractivity contribution < 1.29 is 9.21 Å². The van der Waals surface area contributed by atoms with Crippen LogP contribution in [0.1, 0.15) is 5.56 Å². The molecule has 1 N–H and O–H groups in total. The number of thioether (sulfide) groups is 1. The molecule has 24 heavy (non-hydrogen) atoms. The maximum absolute atomic E-state index is 11.9. The average Bonchev–Trinajstić information content (AvgIpc) is 3.09.